The van der Waals surface area contributed by atoms with Crippen molar-refractivity contribution in [3.63, 3.8) is 0 Å². The van der Waals surface area contributed by atoms with Gasteiger partial charge in [0, 0.05) is 43.2 Å². The first kappa shape index (κ1) is 16.4. The number of aromatic nitrogens is 1. The maximum atomic E-state index is 6.32. The molecule has 2 aliphatic rings. The van der Waals surface area contributed by atoms with E-state index >= 15 is 0 Å². The molecule has 0 bridgehead atoms. The number of anilines is 1. The predicted octanol–water partition coefficient (Wildman–Crippen LogP) is 2.70. The minimum atomic E-state index is 0.203. The van der Waals surface area contributed by atoms with Gasteiger partial charge in [0.1, 0.15) is 0 Å². The number of guanidine groups is 1. The van der Waals surface area contributed by atoms with Gasteiger partial charge in [-0.05, 0) is 18.4 Å². The van der Waals surface area contributed by atoms with Crippen molar-refractivity contribution in [1.82, 2.24) is 9.88 Å². The number of nitrogens with zero attached hydrogens (tertiary/aromatic N) is 4. The molecule has 1 aliphatic heterocycles. The Morgan fingerprint density at radius 3 is 2.52 bits per heavy atom. The van der Waals surface area contributed by atoms with Crippen molar-refractivity contribution < 1.29 is 0 Å². The molecule has 2 heterocycles. The van der Waals surface area contributed by atoms with Crippen LogP contribution in [0, 0.1) is 0 Å². The number of benzene rings is 1. The second-order valence-electron chi connectivity index (χ2n) is 6.96. The van der Waals surface area contributed by atoms with E-state index in [-0.39, 0.29) is 5.41 Å². The number of thiazole rings is 1. The van der Waals surface area contributed by atoms with Gasteiger partial charge in [-0.1, -0.05) is 36.8 Å². The van der Waals surface area contributed by atoms with Crippen LogP contribution in [0.2, 0.25) is 0 Å². The maximum absolute atomic E-state index is 6.32. The molecule has 25 heavy (non-hydrogen) atoms. The Morgan fingerprint density at radius 2 is 1.92 bits per heavy atom. The third-order valence-corrected chi connectivity index (χ3v) is 6.37. The Kier molecular flexibility index (Phi) is 4.61. The largest absolute Gasteiger partial charge is 0.370 e. The first-order valence-electron chi connectivity index (χ1n) is 9.02. The third-order valence-electron chi connectivity index (χ3n) is 5.53. The maximum Gasteiger partial charge on any atom is 0.191 e. The Labute approximate surface area is 153 Å². The molecule has 1 aliphatic carbocycles. The molecule has 0 atom stereocenters. The first-order chi connectivity index (χ1) is 12.3. The molecule has 1 saturated carbocycles. The Morgan fingerprint density at radius 1 is 1.16 bits per heavy atom. The summed E-state index contributed by atoms with van der Waals surface area (Å²) >= 11 is 1.70. The molecule has 0 spiro atoms. The smallest absolute Gasteiger partial charge is 0.191 e. The summed E-state index contributed by atoms with van der Waals surface area (Å²) in [7, 11) is 0. The van der Waals surface area contributed by atoms with Crippen LogP contribution < -0.4 is 10.6 Å². The Bertz CT molecular complexity index is 701. The van der Waals surface area contributed by atoms with E-state index in [4.69, 9.17) is 10.7 Å². The van der Waals surface area contributed by atoms with Crippen molar-refractivity contribution in [2.75, 3.05) is 37.6 Å². The van der Waals surface area contributed by atoms with Crippen molar-refractivity contribution in [3.05, 3.63) is 47.5 Å². The predicted molar refractivity (Wildman–Crippen MR) is 104 cm³/mol. The van der Waals surface area contributed by atoms with Gasteiger partial charge < -0.3 is 15.5 Å². The lowest BCUT2D eigenvalue weighted by Gasteiger charge is -2.42. The topological polar surface area (TPSA) is 57.8 Å². The quantitative estimate of drug-likeness (QED) is 0.677. The van der Waals surface area contributed by atoms with E-state index in [1.807, 2.05) is 11.6 Å². The van der Waals surface area contributed by atoms with Gasteiger partial charge in [0.05, 0.1) is 6.54 Å². The highest BCUT2D eigenvalue weighted by atomic mass is 32.1. The highest BCUT2D eigenvalue weighted by Gasteiger charge is 2.38. The zero-order chi connectivity index (χ0) is 17.1. The molecular weight excluding hydrogens is 330 g/mol. The van der Waals surface area contributed by atoms with Crippen LogP contribution in [0.4, 0.5) is 5.13 Å². The fourth-order valence-electron chi connectivity index (χ4n) is 3.76. The van der Waals surface area contributed by atoms with E-state index in [2.05, 4.69) is 45.1 Å². The highest BCUT2D eigenvalue weighted by molar-refractivity contribution is 7.13. The van der Waals surface area contributed by atoms with E-state index in [9.17, 15) is 0 Å². The number of aliphatic imine (C=N–C) groups is 1. The van der Waals surface area contributed by atoms with E-state index in [0.717, 1.165) is 37.9 Å². The molecule has 2 fully saturated rings. The molecule has 1 aromatic heterocycles. The van der Waals surface area contributed by atoms with Gasteiger partial charge in [-0.15, -0.1) is 11.3 Å². The third kappa shape index (κ3) is 3.35. The molecule has 5 nitrogen and oxygen atoms in total. The fourth-order valence-corrected chi connectivity index (χ4v) is 4.46. The van der Waals surface area contributed by atoms with Gasteiger partial charge in [0.2, 0.25) is 0 Å². The minimum absolute atomic E-state index is 0.203. The van der Waals surface area contributed by atoms with E-state index in [1.54, 1.807) is 11.3 Å². The zero-order valence-corrected chi connectivity index (χ0v) is 15.3. The molecule has 1 aromatic carbocycles. The monoisotopic (exact) mass is 355 g/mol. The van der Waals surface area contributed by atoms with Gasteiger partial charge >= 0.3 is 0 Å². The molecule has 2 N–H and O–H groups in total. The van der Waals surface area contributed by atoms with Crippen LogP contribution in [-0.4, -0.2) is 48.6 Å². The lowest BCUT2D eigenvalue weighted by atomic mass is 9.64. The van der Waals surface area contributed by atoms with Crippen LogP contribution in [0.5, 0.6) is 0 Å². The molecule has 0 radical (unpaired) electrons. The molecule has 0 unspecified atom stereocenters. The molecule has 6 heteroatoms. The number of nitrogens with two attached hydrogens (primary N) is 1. The van der Waals surface area contributed by atoms with Crippen LogP contribution in [0.25, 0.3) is 0 Å². The van der Waals surface area contributed by atoms with Crippen LogP contribution in [0.15, 0.2) is 46.9 Å². The van der Waals surface area contributed by atoms with Gasteiger partial charge in [-0.2, -0.15) is 0 Å². The van der Waals surface area contributed by atoms with Gasteiger partial charge in [-0.25, -0.2) is 4.98 Å². The van der Waals surface area contributed by atoms with Gasteiger partial charge in [0.25, 0.3) is 0 Å². The summed E-state index contributed by atoms with van der Waals surface area (Å²) in [6, 6.07) is 10.8. The average Bonchev–Trinajstić information content (AvgIpc) is 3.16. The molecule has 132 valence electrons. The van der Waals surface area contributed by atoms with Crippen molar-refractivity contribution >= 4 is 22.4 Å². The normalized spacial score (nSPS) is 20.4. The summed E-state index contributed by atoms with van der Waals surface area (Å²) in [5, 5.41) is 3.13. The summed E-state index contributed by atoms with van der Waals surface area (Å²) in [6.45, 7) is 4.52. The van der Waals surface area contributed by atoms with E-state index in [0.29, 0.717) is 5.96 Å². The summed E-state index contributed by atoms with van der Waals surface area (Å²) in [5.74, 6) is 0.695. The molecule has 4 rings (SSSR count). The lowest BCUT2D eigenvalue weighted by molar-refractivity contribution is 0.252. The summed E-state index contributed by atoms with van der Waals surface area (Å²) in [4.78, 5) is 13.7. The van der Waals surface area contributed by atoms with Crippen molar-refractivity contribution in [3.8, 4) is 0 Å². The van der Waals surface area contributed by atoms with Gasteiger partial charge in [-0.3, -0.25) is 4.99 Å². The summed E-state index contributed by atoms with van der Waals surface area (Å²) < 4.78 is 0. The zero-order valence-electron chi connectivity index (χ0n) is 14.5. The summed E-state index contributed by atoms with van der Waals surface area (Å²) in [6.07, 6.45) is 5.58. The number of rotatable bonds is 4. The highest BCUT2D eigenvalue weighted by Crippen LogP contribution is 2.43. The molecule has 1 saturated heterocycles. The van der Waals surface area contributed by atoms with Crippen molar-refractivity contribution in [2.45, 2.75) is 24.7 Å². The molecule has 2 aromatic rings. The minimum Gasteiger partial charge on any atom is -0.370 e. The van der Waals surface area contributed by atoms with Crippen LogP contribution in [-0.2, 0) is 5.41 Å². The standard InChI is InChI=1S/C19H25N5S/c20-17(23-10-12-24(13-11-23)18-21-9-14-25-18)22-15-19(7-4-8-19)16-5-2-1-3-6-16/h1-3,5-6,9,14H,4,7-8,10-13,15H2,(H2,20,22). The second-order valence-corrected chi connectivity index (χ2v) is 7.84. The van der Waals surface area contributed by atoms with E-state index < -0.39 is 0 Å². The van der Waals surface area contributed by atoms with E-state index in [1.165, 1.54) is 24.8 Å². The average molecular weight is 356 g/mol. The van der Waals surface area contributed by atoms with Crippen LogP contribution >= 0.6 is 11.3 Å². The Balaban J connectivity index is 1.37. The SMILES string of the molecule is NC(=NCC1(c2ccccc2)CCC1)N1CCN(c2nccs2)CC1. The van der Waals surface area contributed by atoms with Crippen LogP contribution in [0.3, 0.4) is 0 Å². The number of hydrogen-bond acceptors (Lipinski definition) is 4. The van der Waals surface area contributed by atoms with Gasteiger partial charge in [0.15, 0.2) is 11.1 Å². The fraction of sp³-hybridized carbons (Fsp3) is 0.474. The number of hydrogen-bond donors (Lipinski definition) is 1. The lowest BCUT2D eigenvalue weighted by Crippen LogP contribution is -2.51. The van der Waals surface area contributed by atoms with Crippen LogP contribution in [0.1, 0.15) is 24.8 Å². The number of piperazine rings is 1. The van der Waals surface area contributed by atoms with Crippen molar-refractivity contribution in [1.29, 1.82) is 0 Å². The van der Waals surface area contributed by atoms with Crippen molar-refractivity contribution in [2.24, 2.45) is 10.7 Å². The summed E-state index contributed by atoms with van der Waals surface area (Å²) in [5.41, 5.74) is 7.93. The Hall–Kier alpha value is -2.08. The molecule has 0 amide bonds. The molecular formula is C19H25N5S. The second kappa shape index (κ2) is 7.04. The first-order valence-corrected chi connectivity index (χ1v) is 9.90.